The first kappa shape index (κ1) is 16.7. The molecule has 1 aromatic heterocycles. The number of amides is 1. The van der Waals surface area contributed by atoms with Gasteiger partial charge in [-0.2, -0.15) is 0 Å². The molecule has 0 radical (unpaired) electrons. The second kappa shape index (κ2) is 7.55. The maximum Gasteiger partial charge on any atom is 0.328 e. The molecule has 7 heteroatoms. The third-order valence-corrected chi connectivity index (χ3v) is 3.54. The minimum Gasteiger partial charge on any atom is -0.478 e. The summed E-state index contributed by atoms with van der Waals surface area (Å²) < 4.78 is 0. The van der Waals surface area contributed by atoms with Gasteiger partial charge in [-0.3, -0.25) is 4.79 Å². The Morgan fingerprint density at radius 2 is 1.70 bits per heavy atom. The number of aryl methyl sites for hydroxylation is 2. The van der Waals surface area contributed by atoms with E-state index in [9.17, 15) is 9.59 Å². The van der Waals surface area contributed by atoms with Crippen molar-refractivity contribution in [3.05, 3.63) is 53.9 Å². The van der Waals surface area contributed by atoms with Crippen LogP contribution < -0.4 is 5.32 Å². The van der Waals surface area contributed by atoms with Crippen LogP contribution in [0.1, 0.15) is 11.4 Å². The van der Waals surface area contributed by atoms with Gasteiger partial charge in [0.25, 0.3) is 0 Å². The van der Waals surface area contributed by atoms with Crippen molar-refractivity contribution in [2.24, 2.45) is 0 Å². The van der Waals surface area contributed by atoms with Gasteiger partial charge < -0.3 is 10.4 Å². The molecule has 6 nitrogen and oxygen atoms in total. The van der Waals surface area contributed by atoms with Gasteiger partial charge in [-0.25, -0.2) is 14.8 Å². The zero-order valence-corrected chi connectivity index (χ0v) is 13.4. The largest absolute Gasteiger partial charge is 0.478 e. The first-order chi connectivity index (χ1) is 10.9. The number of carboxylic acid groups (broad SMARTS) is 1. The molecule has 0 saturated carbocycles. The van der Waals surface area contributed by atoms with Crippen molar-refractivity contribution >= 4 is 29.3 Å². The summed E-state index contributed by atoms with van der Waals surface area (Å²) in [7, 11) is 0. The number of carbonyl (C=O) groups is 2. The highest BCUT2D eigenvalue weighted by Crippen LogP contribution is 2.26. The van der Waals surface area contributed by atoms with Crippen molar-refractivity contribution < 1.29 is 14.7 Å². The number of benzene rings is 1. The predicted molar refractivity (Wildman–Crippen MR) is 87.5 cm³/mol. The normalized spacial score (nSPS) is 10.7. The number of nitrogens with zero attached hydrogens (tertiary/aromatic N) is 2. The molecule has 2 rings (SSSR count). The summed E-state index contributed by atoms with van der Waals surface area (Å²) in [6.07, 6.45) is 1.76. The van der Waals surface area contributed by atoms with E-state index in [0.717, 1.165) is 28.4 Å². The lowest BCUT2D eigenvalue weighted by Crippen LogP contribution is -2.08. The van der Waals surface area contributed by atoms with Crippen molar-refractivity contribution in [1.29, 1.82) is 0 Å². The number of hydrogen-bond acceptors (Lipinski definition) is 5. The monoisotopic (exact) mass is 329 g/mol. The average Bonchev–Trinajstić information content (AvgIpc) is 2.46. The van der Waals surface area contributed by atoms with Crippen LogP contribution in [0, 0.1) is 13.8 Å². The highest BCUT2D eigenvalue weighted by Gasteiger charge is 2.04. The Bertz CT molecular complexity index is 737. The Kier molecular flexibility index (Phi) is 5.48. The standard InChI is InChI=1S/C16H15N3O3S/c1-10-9-11(2)18-16(17-10)23-13-5-3-12(4-6-13)19-14(20)7-8-15(21)22/h3-9H,1-2H3,(H,19,20)(H,21,22)/b8-7-. The summed E-state index contributed by atoms with van der Waals surface area (Å²) in [6, 6.07) is 9.05. The third kappa shape index (κ3) is 5.55. The molecule has 118 valence electrons. The topological polar surface area (TPSA) is 92.2 Å². The Morgan fingerprint density at radius 3 is 2.26 bits per heavy atom. The number of aliphatic carboxylic acids is 1. The minimum absolute atomic E-state index is 0.495. The average molecular weight is 329 g/mol. The summed E-state index contributed by atoms with van der Waals surface area (Å²) in [4.78, 5) is 31.5. The van der Waals surface area contributed by atoms with E-state index in [1.165, 1.54) is 11.8 Å². The second-order valence-electron chi connectivity index (χ2n) is 4.72. The molecular weight excluding hydrogens is 314 g/mol. The van der Waals surface area contributed by atoms with Crippen LogP contribution in [-0.2, 0) is 9.59 Å². The number of aromatic nitrogens is 2. The quantitative estimate of drug-likeness (QED) is 0.647. The van der Waals surface area contributed by atoms with Crippen LogP contribution in [0.15, 0.2) is 52.5 Å². The van der Waals surface area contributed by atoms with Gasteiger partial charge in [0.05, 0.1) is 0 Å². The third-order valence-electron chi connectivity index (χ3n) is 2.67. The lowest BCUT2D eigenvalue weighted by atomic mass is 10.3. The molecule has 0 bridgehead atoms. The number of anilines is 1. The molecule has 0 aliphatic heterocycles. The smallest absolute Gasteiger partial charge is 0.328 e. The molecule has 0 aliphatic carbocycles. The van der Waals surface area contributed by atoms with Gasteiger partial charge in [0, 0.05) is 34.1 Å². The van der Waals surface area contributed by atoms with Crippen LogP contribution in [0.25, 0.3) is 0 Å². The van der Waals surface area contributed by atoms with Crippen molar-refractivity contribution in [3.63, 3.8) is 0 Å². The fourth-order valence-electron chi connectivity index (χ4n) is 1.78. The summed E-state index contributed by atoms with van der Waals surface area (Å²) in [5.74, 6) is -1.66. The van der Waals surface area contributed by atoms with Gasteiger partial charge in [-0.05, 0) is 55.9 Å². The van der Waals surface area contributed by atoms with E-state index in [0.29, 0.717) is 10.8 Å². The summed E-state index contributed by atoms with van der Waals surface area (Å²) in [6.45, 7) is 3.84. The van der Waals surface area contributed by atoms with Crippen LogP contribution in [0.2, 0.25) is 0 Å². The summed E-state index contributed by atoms with van der Waals surface area (Å²) in [5, 5.41) is 11.7. The number of carboxylic acids is 1. The molecule has 1 amide bonds. The zero-order valence-electron chi connectivity index (χ0n) is 12.6. The maximum absolute atomic E-state index is 11.5. The van der Waals surface area contributed by atoms with E-state index in [4.69, 9.17) is 5.11 Å². The molecule has 23 heavy (non-hydrogen) atoms. The summed E-state index contributed by atoms with van der Waals surface area (Å²) >= 11 is 1.43. The van der Waals surface area contributed by atoms with E-state index < -0.39 is 11.9 Å². The Hall–Kier alpha value is -2.67. The van der Waals surface area contributed by atoms with E-state index in [1.807, 2.05) is 32.0 Å². The van der Waals surface area contributed by atoms with Gasteiger partial charge in [-0.15, -0.1) is 0 Å². The predicted octanol–water partition coefficient (Wildman–Crippen LogP) is 2.82. The molecule has 0 unspecified atom stereocenters. The van der Waals surface area contributed by atoms with Crippen molar-refractivity contribution in [1.82, 2.24) is 9.97 Å². The van der Waals surface area contributed by atoms with Crippen LogP contribution in [0.4, 0.5) is 5.69 Å². The zero-order chi connectivity index (χ0) is 16.8. The number of hydrogen-bond donors (Lipinski definition) is 2. The van der Waals surface area contributed by atoms with E-state index in [1.54, 1.807) is 12.1 Å². The van der Waals surface area contributed by atoms with Crippen LogP contribution in [0.5, 0.6) is 0 Å². The molecule has 1 aromatic carbocycles. The van der Waals surface area contributed by atoms with Gasteiger partial charge in [-0.1, -0.05) is 0 Å². The molecule has 0 saturated heterocycles. The van der Waals surface area contributed by atoms with Crippen molar-refractivity contribution in [2.45, 2.75) is 23.9 Å². The molecular formula is C16H15N3O3S. The van der Waals surface area contributed by atoms with Crippen LogP contribution >= 0.6 is 11.8 Å². The minimum atomic E-state index is -1.17. The van der Waals surface area contributed by atoms with E-state index >= 15 is 0 Å². The lowest BCUT2D eigenvalue weighted by molar-refractivity contribution is -0.131. The molecule has 1 heterocycles. The van der Waals surface area contributed by atoms with Gasteiger partial charge in [0.15, 0.2) is 5.16 Å². The fourth-order valence-corrected chi connectivity index (χ4v) is 2.64. The first-order valence-electron chi connectivity index (χ1n) is 6.74. The Morgan fingerprint density at radius 1 is 1.09 bits per heavy atom. The first-order valence-corrected chi connectivity index (χ1v) is 7.56. The van der Waals surface area contributed by atoms with Gasteiger partial charge in [0.1, 0.15) is 0 Å². The van der Waals surface area contributed by atoms with Crippen molar-refractivity contribution in [2.75, 3.05) is 5.32 Å². The Balaban J connectivity index is 2.02. The lowest BCUT2D eigenvalue weighted by Gasteiger charge is -2.05. The molecule has 2 aromatic rings. The molecule has 0 atom stereocenters. The highest BCUT2D eigenvalue weighted by atomic mass is 32.2. The highest BCUT2D eigenvalue weighted by molar-refractivity contribution is 7.99. The number of rotatable bonds is 5. The van der Waals surface area contributed by atoms with E-state index in [-0.39, 0.29) is 0 Å². The second-order valence-corrected chi connectivity index (χ2v) is 5.76. The SMILES string of the molecule is Cc1cc(C)nc(Sc2ccc(NC(=O)/C=C\C(=O)O)cc2)n1. The van der Waals surface area contributed by atoms with Crippen LogP contribution in [-0.4, -0.2) is 27.0 Å². The molecule has 2 N–H and O–H groups in total. The van der Waals surface area contributed by atoms with Gasteiger partial charge >= 0.3 is 5.97 Å². The number of nitrogens with one attached hydrogen (secondary N) is 1. The number of carbonyl (C=O) groups excluding carboxylic acids is 1. The maximum atomic E-state index is 11.5. The molecule has 0 aliphatic rings. The molecule has 0 spiro atoms. The Labute approximate surface area is 137 Å². The molecule has 0 fully saturated rings. The van der Waals surface area contributed by atoms with Crippen LogP contribution in [0.3, 0.4) is 0 Å². The van der Waals surface area contributed by atoms with Gasteiger partial charge in [0.2, 0.25) is 5.91 Å². The van der Waals surface area contributed by atoms with E-state index in [2.05, 4.69) is 15.3 Å². The fraction of sp³-hybridized carbons (Fsp3) is 0.125. The van der Waals surface area contributed by atoms with Crippen molar-refractivity contribution in [3.8, 4) is 0 Å². The summed E-state index contributed by atoms with van der Waals surface area (Å²) in [5.41, 5.74) is 2.40.